The molecule has 1 aromatic heterocycles. The van der Waals surface area contributed by atoms with Crippen molar-refractivity contribution in [3.8, 4) is 0 Å². The van der Waals surface area contributed by atoms with Crippen LogP contribution < -0.4 is 5.32 Å². The van der Waals surface area contributed by atoms with E-state index in [4.69, 9.17) is 0 Å². The van der Waals surface area contributed by atoms with Crippen LogP contribution in [0.25, 0.3) is 0 Å². The molecule has 0 amide bonds. The van der Waals surface area contributed by atoms with E-state index in [0.29, 0.717) is 17.8 Å². The average Bonchev–Trinajstić information content (AvgIpc) is 2.85. The summed E-state index contributed by atoms with van der Waals surface area (Å²) in [5.74, 6) is -0.917. The number of nitrogens with one attached hydrogen (secondary N) is 1. The molecule has 0 radical (unpaired) electrons. The highest BCUT2D eigenvalue weighted by molar-refractivity contribution is 7.11. The standard InChI is InChI=1S/C14H16N2O2S/c1-3-10-7-16-13(19-10)8-15-12-5-4-9(2)6-11(12)14(17)18/h4-7,15H,3,8H2,1-2H3,(H,17,18). The smallest absolute Gasteiger partial charge is 0.337 e. The number of thiazole rings is 1. The number of hydrogen-bond donors (Lipinski definition) is 2. The highest BCUT2D eigenvalue weighted by Gasteiger charge is 2.10. The van der Waals surface area contributed by atoms with Crippen LogP contribution in [0.15, 0.2) is 24.4 Å². The predicted octanol–water partition coefficient (Wildman–Crippen LogP) is 3.32. The quantitative estimate of drug-likeness (QED) is 0.879. The normalized spacial score (nSPS) is 10.4. The van der Waals surface area contributed by atoms with Crippen LogP contribution in [0.2, 0.25) is 0 Å². The summed E-state index contributed by atoms with van der Waals surface area (Å²) in [5, 5.41) is 13.3. The minimum absolute atomic E-state index is 0.298. The molecule has 0 aliphatic rings. The summed E-state index contributed by atoms with van der Waals surface area (Å²) in [6.07, 6.45) is 2.84. The molecule has 0 aliphatic carbocycles. The second kappa shape index (κ2) is 5.84. The lowest BCUT2D eigenvalue weighted by molar-refractivity contribution is 0.0698. The number of aromatic carboxylic acids is 1. The lowest BCUT2D eigenvalue weighted by atomic mass is 10.1. The highest BCUT2D eigenvalue weighted by atomic mass is 32.1. The van der Waals surface area contributed by atoms with Gasteiger partial charge in [-0.3, -0.25) is 0 Å². The summed E-state index contributed by atoms with van der Waals surface area (Å²) in [6.45, 7) is 4.52. The molecule has 1 heterocycles. The van der Waals surface area contributed by atoms with Crippen LogP contribution in [-0.2, 0) is 13.0 Å². The SMILES string of the molecule is CCc1cnc(CNc2ccc(C)cc2C(=O)O)s1. The van der Waals surface area contributed by atoms with E-state index < -0.39 is 5.97 Å². The van der Waals surface area contributed by atoms with Crippen molar-refractivity contribution in [3.63, 3.8) is 0 Å². The van der Waals surface area contributed by atoms with Crippen LogP contribution in [0.5, 0.6) is 0 Å². The maximum absolute atomic E-state index is 11.2. The first-order valence-electron chi connectivity index (χ1n) is 6.11. The Balaban J connectivity index is 2.12. The van der Waals surface area contributed by atoms with Gasteiger partial charge in [-0.05, 0) is 25.5 Å². The number of rotatable bonds is 5. The van der Waals surface area contributed by atoms with Crippen molar-refractivity contribution in [3.05, 3.63) is 45.4 Å². The molecule has 4 nitrogen and oxygen atoms in total. The molecule has 100 valence electrons. The fourth-order valence-electron chi connectivity index (χ4n) is 1.75. The third-order valence-electron chi connectivity index (χ3n) is 2.79. The van der Waals surface area contributed by atoms with Gasteiger partial charge in [0.15, 0.2) is 0 Å². The van der Waals surface area contributed by atoms with Crippen LogP contribution in [0.3, 0.4) is 0 Å². The molecule has 0 atom stereocenters. The van der Waals surface area contributed by atoms with Gasteiger partial charge < -0.3 is 10.4 Å². The monoisotopic (exact) mass is 276 g/mol. The highest BCUT2D eigenvalue weighted by Crippen LogP contribution is 2.20. The first kappa shape index (κ1) is 13.5. The summed E-state index contributed by atoms with van der Waals surface area (Å²) < 4.78 is 0. The number of anilines is 1. The van der Waals surface area contributed by atoms with Gasteiger partial charge in [-0.25, -0.2) is 9.78 Å². The largest absolute Gasteiger partial charge is 0.478 e. The maximum Gasteiger partial charge on any atom is 0.337 e. The number of carboxylic acid groups (broad SMARTS) is 1. The minimum atomic E-state index is -0.917. The summed E-state index contributed by atoms with van der Waals surface area (Å²) in [6, 6.07) is 5.37. The van der Waals surface area contributed by atoms with Gasteiger partial charge in [0, 0.05) is 16.8 Å². The Bertz CT molecular complexity index is 593. The molecule has 1 aromatic carbocycles. The van der Waals surface area contributed by atoms with Crippen LogP contribution in [0.4, 0.5) is 5.69 Å². The number of aryl methyl sites for hydroxylation is 2. The minimum Gasteiger partial charge on any atom is -0.478 e. The second-order valence-corrected chi connectivity index (χ2v) is 5.48. The van der Waals surface area contributed by atoms with E-state index in [0.717, 1.165) is 17.0 Å². The van der Waals surface area contributed by atoms with Gasteiger partial charge in [-0.2, -0.15) is 0 Å². The first-order chi connectivity index (χ1) is 9.10. The number of carbonyl (C=O) groups is 1. The van der Waals surface area contributed by atoms with E-state index in [2.05, 4.69) is 17.2 Å². The Kier molecular flexibility index (Phi) is 4.16. The van der Waals surface area contributed by atoms with E-state index in [1.165, 1.54) is 4.88 Å². The zero-order chi connectivity index (χ0) is 13.8. The molecule has 0 saturated carbocycles. The Morgan fingerprint density at radius 2 is 2.26 bits per heavy atom. The van der Waals surface area contributed by atoms with Gasteiger partial charge >= 0.3 is 5.97 Å². The molecular formula is C14H16N2O2S. The zero-order valence-electron chi connectivity index (χ0n) is 10.9. The van der Waals surface area contributed by atoms with Gasteiger partial charge in [-0.15, -0.1) is 11.3 Å². The molecular weight excluding hydrogens is 260 g/mol. The van der Waals surface area contributed by atoms with Crippen LogP contribution >= 0.6 is 11.3 Å². The fourth-order valence-corrected chi connectivity index (χ4v) is 2.56. The Morgan fingerprint density at radius 1 is 1.47 bits per heavy atom. The Morgan fingerprint density at radius 3 is 2.89 bits per heavy atom. The second-order valence-electron chi connectivity index (χ2n) is 4.28. The summed E-state index contributed by atoms with van der Waals surface area (Å²) in [4.78, 5) is 16.7. The molecule has 2 aromatic rings. The van der Waals surface area contributed by atoms with E-state index >= 15 is 0 Å². The van der Waals surface area contributed by atoms with E-state index in [1.807, 2.05) is 19.2 Å². The third-order valence-corrected chi connectivity index (χ3v) is 3.93. The van der Waals surface area contributed by atoms with Gasteiger partial charge in [-0.1, -0.05) is 18.6 Å². The van der Waals surface area contributed by atoms with Crippen molar-refractivity contribution in [2.75, 3.05) is 5.32 Å². The number of carboxylic acids is 1. The van der Waals surface area contributed by atoms with Crippen molar-refractivity contribution < 1.29 is 9.90 Å². The first-order valence-corrected chi connectivity index (χ1v) is 6.93. The number of benzene rings is 1. The maximum atomic E-state index is 11.2. The van der Waals surface area contributed by atoms with Crippen molar-refractivity contribution in [2.24, 2.45) is 0 Å². The van der Waals surface area contributed by atoms with E-state index in [9.17, 15) is 9.90 Å². The molecule has 0 saturated heterocycles. The van der Waals surface area contributed by atoms with E-state index in [-0.39, 0.29) is 0 Å². The van der Waals surface area contributed by atoms with Crippen molar-refractivity contribution in [1.82, 2.24) is 4.98 Å². The zero-order valence-corrected chi connectivity index (χ0v) is 11.8. The van der Waals surface area contributed by atoms with Crippen LogP contribution in [0.1, 0.15) is 32.7 Å². The molecule has 2 N–H and O–H groups in total. The average molecular weight is 276 g/mol. The van der Waals surface area contributed by atoms with Crippen molar-refractivity contribution in [2.45, 2.75) is 26.8 Å². The molecule has 19 heavy (non-hydrogen) atoms. The third kappa shape index (κ3) is 3.32. The Labute approximate surface area is 116 Å². The summed E-state index contributed by atoms with van der Waals surface area (Å²) in [5.41, 5.74) is 1.86. The van der Waals surface area contributed by atoms with Crippen LogP contribution in [0, 0.1) is 6.92 Å². The molecule has 0 aliphatic heterocycles. The van der Waals surface area contributed by atoms with Gasteiger partial charge in [0.05, 0.1) is 12.1 Å². The number of hydrogen-bond acceptors (Lipinski definition) is 4. The molecule has 0 fully saturated rings. The summed E-state index contributed by atoms with van der Waals surface area (Å²) >= 11 is 1.65. The lowest BCUT2D eigenvalue weighted by Gasteiger charge is -2.08. The Hall–Kier alpha value is -1.88. The van der Waals surface area contributed by atoms with Crippen molar-refractivity contribution in [1.29, 1.82) is 0 Å². The molecule has 5 heteroatoms. The van der Waals surface area contributed by atoms with Gasteiger partial charge in [0.1, 0.15) is 5.01 Å². The fraction of sp³-hybridized carbons (Fsp3) is 0.286. The molecule has 0 bridgehead atoms. The number of nitrogens with zero attached hydrogens (tertiary/aromatic N) is 1. The predicted molar refractivity (Wildman–Crippen MR) is 77.0 cm³/mol. The van der Waals surface area contributed by atoms with Gasteiger partial charge in [0.2, 0.25) is 0 Å². The number of aromatic nitrogens is 1. The summed E-state index contributed by atoms with van der Waals surface area (Å²) in [7, 11) is 0. The lowest BCUT2D eigenvalue weighted by Crippen LogP contribution is -2.06. The van der Waals surface area contributed by atoms with Crippen molar-refractivity contribution >= 4 is 23.0 Å². The molecule has 0 unspecified atom stereocenters. The topological polar surface area (TPSA) is 62.2 Å². The molecule has 0 spiro atoms. The van der Waals surface area contributed by atoms with E-state index in [1.54, 1.807) is 23.5 Å². The van der Waals surface area contributed by atoms with Gasteiger partial charge in [0.25, 0.3) is 0 Å². The van der Waals surface area contributed by atoms with Crippen LogP contribution in [-0.4, -0.2) is 16.1 Å². The molecule has 2 rings (SSSR count).